The van der Waals surface area contributed by atoms with Gasteiger partial charge in [0.15, 0.2) is 5.69 Å². The fraction of sp³-hybridized carbons (Fsp3) is 0.130. The SMILES string of the molecule is CCn1cc(NC(=O)c2c(-c3ccccc3)nn(-c3ccccc3)c2C)c(C(N)=O)n1. The average molecular weight is 414 g/mol. The van der Waals surface area contributed by atoms with Crippen LogP contribution in [0.4, 0.5) is 5.69 Å². The van der Waals surface area contributed by atoms with Crippen LogP contribution in [0.25, 0.3) is 16.9 Å². The molecule has 0 aliphatic heterocycles. The Kier molecular flexibility index (Phi) is 5.36. The van der Waals surface area contributed by atoms with Gasteiger partial charge in [0.1, 0.15) is 5.69 Å². The van der Waals surface area contributed by atoms with E-state index in [-0.39, 0.29) is 11.4 Å². The second kappa shape index (κ2) is 8.27. The number of nitrogens with two attached hydrogens (primary N) is 1. The van der Waals surface area contributed by atoms with Crippen molar-refractivity contribution in [3.05, 3.63) is 83.8 Å². The van der Waals surface area contributed by atoms with Crippen LogP contribution in [0.1, 0.15) is 33.5 Å². The normalized spacial score (nSPS) is 10.8. The summed E-state index contributed by atoms with van der Waals surface area (Å²) in [6, 6.07) is 19.1. The molecule has 0 radical (unpaired) electrons. The number of anilines is 1. The minimum Gasteiger partial charge on any atom is -0.364 e. The third-order valence-corrected chi connectivity index (χ3v) is 4.96. The molecular formula is C23H22N6O2. The lowest BCUT2D eigenvalue weighted by molar-refractivity contribution is 0.0995. The van der Waals surface area contributed by atoms with Gasteiger partial charge in [-0.25, -0.2) is 4.68 Å². The molecule has 2 aromatic heterocycles. The highest BCUT2D eigenvalue weighted by atomic mass is 16.2. The number of amides is 2. The summed E-state index contributed by atoms with van der Waals surface area (Å²) in [6.45, 7) is 4.26. The Bertz CT molecular complexity index is 1240. The van der Waals surface area contributed by atoms with E-state index in [0.29, 0.717) is 23.5 Å². The topological polar surface area (TPSA) is 108 Å². The van der Waals surface area contributed by atoms with Crippen molar-refractivity contribution in [3.63, 3.8) is 0 Å². The summed E-state index contributed by atoms with van der Waals surface area (Å²) >= 11 is 0. The Morgan fingerprint density at radius 3 is 2.26 bits per heavy atom. The van der Waals surface area contributed by atoms with Gasteiger partial charge in [-0.3, -0.25) is 14.3 Å². The second-order valence-electron chi connectivity index (χ2n) is 6.99. The second-order valence-corrected chi connectivity index (χ2v) is 6.99. The van der Waals surface area contributed by atoms with Crippen molar-refractivity contribution in [3.8, 4) is 16.9 Å². The molecule has 31 heavy (non-hydrogen) atoms. The standard InChI is InChI=1S/C23H22N6O2/c1-3-28-14-18(21(26-28)22(24)30)25-23(31)19-15(2)29(17-12-8-5-9-13-17)27-20(19)16-10-6-4-7-11-16/h4-14H,3H2,1-2H3,(H2,24,30)(H,25,31). The van der Waals surface area contributed by atoms with E-state index < -0.39 is 11.8 Å². The van der Waals surface area contributed by atoms with Crippen molar-refractivity contribution in [2.75, 3.05) is 5.32 Å². The number of hydrogen-bond acceptors (Lipinski definition) is 4. The van der Waals surface area contributed by atoms with Gasteiger partial charge in [-0.05, 0) is 26.0 Å². The predicted molar refractivity (Wildman–Crippen MR) is 118 cm³/mol. The lowest BCUT2D eigenvalue weighted by atomic mass is 10.1. The van der Waals surface area contributed by atoms with Crippen LogP contribution in [0.2, 0.25) is 0 Å². The van der Waals surface area contributed by atoms with E-state index in [1.165, 1.54) is 0 Å². The number of aromatic nitrogens is 4. The molecule has 0 fully saturated rings. The van der Waals surface area contributed by atoms with Crippen LogP contribution in [0.15, 0.2) is 66.9 Å². The van der Waals surface area contributed by atoms with E-state index in [9.17, 15) is 9.59 Å². The zero-order chi connectivity index (χ0) is 22.0. The number of primary amides is 1. The van der Waals surface area contributed by atoms with Gasteiger partial charge in [-0.2, -0.15) is 10.2 Å². The maximum absolute atomic E-state index is 13.4. The summed E-state index contributed by atoms with van der Waals surface area (Å²) in [7, 11) is 0. The summed E-state index contributed by atoms with van der Waals surface area (Å²) in [5, 5.41) is 11.7. The van der Waals surface area contributed by atoms with E-state index in [2.05, 4.69) is 10.4 Å². The molecule has 4 aromatic rings. The summed E-state index contributed by atoms with van der Waals surface area (Å²) < 4.78 is 3.29. The number of carbonyl (C=O) groups excluding carboxylic acids is 2. The number of nitrogens with zero attached hydrogens (tertiary/aromatic N) is 4. The Morgan fingerprint density at radius 2 is 1.65 bits per heavy atom. The largest absolute Gasteiger partial charge is 0.364 e. The minimum atomic E-state index is -0.706. The van der Waals surface area contributed by atoms with E-state index in [0.717, 1.165) is 11.3 Å². The zero-order valence-corrected chi connectivity index (χ0v) is 17.2. The fourth-order valence-corrected chi connectivity index (χ4v) is 3.43. The summed E-state index contributed by atoms with van der Waals surface area (Å²) in [4.78, 5) is 25.2. The van der Waals surface area contributed by atoms with Gasteiger partial charge in [0.05, 0.1) is 22.6 Å². The number of hydrogen-bond donors (Lipinski definition) is 2. The number of para-hydroxylation sites is 1. The number of aryl methyl sites for hydroxylation is 1. The maximum atomic E-state index is 13.4. The van der Waals surface area contributed by atoms with Crippen LogP contribution in [-0.4, -0.2) is 31.4 Å². The van der Waals surface area contributed by atoms with Crippen LogP contribution < -0.4 is 11.1 Å². The van der Waals surface area contributed by atoms with Gasteiger partial charge in [0.25, 0.3) is 11.8 Å². The van der Waals surface area contributed by atoms with Gasteiger partial charge in [-0.1, -0.05) is 48.5 Å². The molecule has 0 spiro atoms. The number of nitrogens with one attached hydrogen (secondary N) is 1. The molecule has 8 heteroatoms. The Balaban J connectivity index is 1.82. The van der Waals surface area contributed by atoms with E-state index in [4.69, 9.17) is 10.8 Å². The van der Waals surface area contributed by atoms with Crippen molar-refractivity contribution in [2.45, 2.75) is 20.4 Å². The van der Waals surface area contributed by atoms with Crippen LogP contribution in [0, 0.1) is 6.92 Å². The quantitative estimate of drug-likeness (QED) is 0.504. The first-order chi connectivity index (χ1) is 15.0. The predicted octanol–water partition coefficient (Wildman–Crippen LogP) is 3.42. The molecule has 0 aliphatic rings. The van der Waals surface area contributed by atoms with Crippen molar-refractivity contribution in [1.29, 1.82) is 0 Å². The van der Waals surface area contributed by atoms with Gasteiger partial charge < -0.3 is 11.1 Å². The van der Waals surface area contributed by atoms with Gasteiger partial charge in [0, 0.05) is 18.3 Å². The first-order valence-electron chi connectivity index (χ1n) is 9.88. The smallest absolute Gasteiger partial charge is 0.271 e. The summed E-state index contributed by atoms with van der Waals surface area (Å²) in [5.74, 6) is -1.10. The molecule has 0 saturated heterocycles. The van der Waals surface area contributed by atoms with E-state index in [1.54, 1.807) is 15.6 Å². The van der Waals surface area contributed by atoms with E-state index in [1.807, 2.05) is 74.5 Å². The highest BCUT2D eigenvalue weighted by molar-refractivity contribution is 6.11. The molecule has 0 bridgehead atoms. The molecule has 0 unspecified atom stereocenters. The molecule has 8 nitrogen and oxygen atoms in total. The van der Waals surface area contributed by atoms with Crippen LogP contribution in [-0.2, 0) is 6.54 Å². The first-order valence-corrected chi connectivity index (χ1v) is 9.88. The molecular weight excluding hydrogens is 392 g/mol. The summed E-state index contributed by atoms with van der Waals surface area (Å²) in [5.41, 5.74) is 9.01. The Labute approximate surface area is 179 Å². The Morgan fingerprint density at radius 1 is 1.00 bits per heavy atom. The van der Waals surface area contributed by atoms with Crippen molar-refractivity contribution >= 4 is 17.5 Å². The van der Waals surface area contributed by atoms with Crippen LogP contribution in [0.3, 0.4) is 0 Å². The molecule has 2 aromatic carbocycles. The fourth-order valence-electron chi connectivity index (χ4n) is 3.43. The molecule has 0 atom stereocenters. The lowest BCUT2D eigenvalue weighted by Gasteiger charge is -2.07. The van der Waals surface area contributed by atoms with Gasteiger partial charge in [-0.15, -0.1) is 0 Å². The lowest BCUT2D eigenvalue weighted by Crippen LogP contribution is -2.18. The van der Waals surface area contributed by atoms with Crippen molar-refractivity contribution < 1.29 is 9.59 Å². The molecule has 2 amide bonds. The van der Waals surface area contributed by atoms with Gasteiger partial charge in [0.2, 0.25) is 0 Å². The number of rotatable bonds is 6. The molecule has 4 rings (SSSR count). The maximum Gasteiger partial charge on any atom is 0.271 e. The van der Waals surface area contributed by atoms with Crippen molar-refractivity contribution in [1.82, 2.24) is 19.6 Å². The first kappa shape index (κ1) is 20.1. The Hall–Kier alpha value is -4.20. The zero-order valence-electron chi connectivity index (χ0n) is 17.2. The molecule has 0 aliphatic carbocycles. The summed E-state index contributed by atoms with van der Waals surface area (Å²) in [6.07, 6.45) is 1.59. The molecule has 3 N–H and O–H groups in total. The van der Waals surface area contributed by atoms with Crippen LogP contribution >= 0.6 is 0 Å². The highest BCUT2D eigenvalue weighted by Gasteiger charge is 2.25. The molecule has 156 valence electrons. The number of benzene rings is 2. The third kappa shape index (κ3) is 3.83. The van der Waals surface area contributed by atoms with Crippen molar-refractivity contribution in [2.24, 2.45) is 5.73 Å². The average Bonchev–Trinajstić information content (AvgIpc) is 3.36. The molecule has 2 heterocycles. The van der Waals surface area contributed by atoms with Crippen LogP contribution in [0.5, 0.6) is 0 Å². The number of carbonyl (C=O) groups is 2. The van der Waals surface area contributed by atoms with E-state index >= 15 is 0 Å². The monoisotopic (exact) mass is 414 g/mol. The van der Waals surface area contributed by atoms with Gasteiger partial charge >= 0.3 is 0 Å². The highest BCUT2D eigenvalue weighted by Crippen LogP contribution is 2.28. The molecule has 0 saturated carbocycles. The third-order valence-electron chi connectivity index (χ3n) is 4.96. The minimum absolute atomic E-state index is 0.0181.